The molecule has 2 rings (SSSR count). The Hall–Kier alpha value is -2.62. The fourth-order valence-corrected chi connectivity index (χ4v) is 2.42. The van der Waals surface area contributed by atoms with Crippen molar-refractivity contribution in [2.45, 2.75) is 13.8 Å². The monoisotopic (exact) mass is 311 g/mol. The van der Waals surface area contributed by atoms with E-state index in [9.17, 15) is 9.59 Å². The van der Waals surface area contributed by atoms with Gasteiger partial charge in [0, 0.05) is 18.7 Å². The highest BCUT2D eigenvalue weighted by Crippen LogP contribution is 2.25. The summed E-state index contributed by atoms with van der Waals surface area (Å²) in [5.41, 5.74) is 2.56. The average molecular weight is 311 g/mol. The van der Waals surface area contributed by atoms with Gasteiger partial charge in [0.05, 0.1) is 0 Å². The first-order valence-corrected chi connectivity index (χ1v) is 7.75. The van der Waals surface area contributed by atoms with Crippen LogP contribution in [0.5, 0.6) is 5.75 Å². The fraction of sp³-hybridized carbons (Fsp3) is 0.263. The van der Waals surface area contributed by atoms with Crippen molar-refractivity contribution in [2.75, 3.05) is 19.7 Å². The molecular weight excluding hydrogens is 290 g/mol. The Labute approximate surface area is 136 Å². The third-order valence-corrected chi connectivity index (χ3v) is 3.65. The fourth-order valence-electron chi connectivity index (χ4n) is 2.42. The Bertz CT molecular complexity index is 678. The molecule has 0 unspecified atom stereocenters. The largest absolute Gasteiger partial charge is 0.486 e. The lowest BCUT2D eigenvalue weighted by atomic mass is 10.0. The zero-order chi connectivity index (χ0) is 16.7. The molecule has 0 bridgehead atoms. The van der Waals surface area contributed by atoms with Gasteiger partial charge in [-0.05, 0) is 49.2 Å². The molecule has 4 nitrogen and oxygen atoms in total. The highest BCUT2D eigenvalue weighted by Gasteiger charge is 2.13. The normalized spacial score (nSPS) is 10.2. The van der Waals surface area contributed by atoms with Gasteiger partial charge >= 0.3 is 0 Å². The lowest BCUT2D eigenvalue weighted by molar-refractivity contribution is -0.109. The highest BCUT2D eigenvalue weighted by atomic mass is 16.5. The van der Waals surface area contributed by atoms with E-state index in [2.05, 4.69) is 0 Å². The van der Waals surface area contributed by atoms with Crippen LogP contribution in [0, 0.1) is 0 Å². The van der Waals surface area contributed by atoms with Gasteiger partial charge in [-0.2, -0.15) is 0 Å². The summed E-state index contributed by atoms with van der Waals surface area (Å²) in [4.78, 5) is 24.7. The summed E-state index contributed by atoms with van der Waals surface area (Å²) < 4.78 is 5.32. The number of aldehydes is 1. The molecule has 4 heteroatoms. The van der Waals surface area contributed by atoms with Crippen LogP contribution in [0.15, 0.2) is 48.5 Å². The summed E-state index contributed by atoms with van der Waals surface area (Å²) in [6.45, 7) is 5.35. The predicted octanol–water partition coefficient (Wildman–Crippen LogP) is 3.41. The molecule has 0 saturated carbocycles. The molecular formula is C19H21NO3. The third kappa shape index (κ3) is 4.19. The minimum absolute atomic E-state index is 0.0317. The summed E-state index contributed by atoms with van der Waals surface area (Å²) >= 11 is 0. The van der Waals surface area contributed by atoms with Gasteiger partial charge in [-0.1, -0.05) is 24.3 Å². The molecule has 2 aromatic rings. The number of amides is 1. The van der Waals surface area contributed by atoms with Crippen molar-refractivity contribution in [3.8, 4) is 16.9 Å². The summed E-state index contributed by atoms with van der Waals surface area (Å²) in [7, 11) is 0. The molecule has 0 radical (unpaired) electrons. The molecule has 0 atom stereocenters. The molecule has 23 heavy (non-hydrogen) atoms. The lowest BCUT2D eigenvalue weighted by Crippen LogP contribution is -2.30. The number of carbonyl (C=O) groups excluding carboxylic acids is 2. The van der Waals surface area contributed by atoms with Crippen LogP contribution in [0.1, 0.15) is 24.2 Å². The summed E-state index contributed by atoms with van der Waals surface area (Å²) in [6.07, 6.45) is 0.718. The number of benzene rings is 2. The van der Waals surface area contributed by atoms with Crippen LogP contribution in [0.2, 0.25) is 0 Å². The van der Waals surface area contributed by atoms with Gasteiger partial charge in [0.25, 0.3) is 5.91 Å². The average Bonchev–Trinajstić information content (AvgIpc) is 2.61. The minimum atomic E-state index is 0.0317. The number of carbonyl (C=O) groups is 2. The Morgan fingerprint density at radius 1 is 1.04 bits per heavy atom. The lowest BCUT2D eigenvalue weighted by Gasteiger charge is -2.19. The van der Waals surface area contributed by atoms with E-state index in [1.54, 1.807) is 11.0 Å². The van der Waals surface area contributed by atoms with Crippen molar-refractivity contribution in [2.24, 2.45) is 0 Å². The molecule has 0 aliphatic heterocycles. The van der Waals surface area contributed by atoms with E-state index in [1.165, 1.54) is 0 Å². The molecule has 0 fully saturated rings. The van der Waals surface area contributed by atoms with Crippen LogP contribution in [-0.2, 0) is 4.79 Å². The van der Waals surface area contributed by atoms with Crippen molar-refractivity contribution in [1.29, 1.82) is 0 Å². The van der Waals surface area contributed by atoms with Crippen LogP contribution in [0.4, 0.5) is 0 Å². The van der Waals surface area contributed by atoms with E-state index in [0.717, 1.165) is 17.4 Å². The first kappa shape index (κ1) is 16.7. The van der Waals surface area contributed by atoms with Crippen molar-refractivity contribution in [3.05, 3.63) is 54.1 Å². The second kappa shape index (κ2) is 8.13. The zero-order valence-corrected chi connectivity index (χ0v) is 13.5. The Balaban J connectivity index is 2.29. The Morgan fingerprint density at radius 3 is 2.35 bits per heavy atom. The Morgan fingerprint density at radius 2 is 1.70 bits per heavy atom. The van der Waals surface area contributed by atoms with Gasteiger partial charge in [0.2, 0.25) is 0 Å². The van der Waals surface area contributed by atoms with Crippen molar-refractivity contribution in [3.63, 3.8) is 0 Å². The SMILES string of the molecule is CCN(CC)C(=O)c1cccc(-c2cccc(OCC=O)c2)c1. The molecule has 0 aliphatic rings. The molecule has 120 valence electrons. The molecule has 0 aliphatic carbocycles. The van der Waals surface area contributed by atoms with Crippen LogP contribution in [0.3, 0.4) is 0 Å². The van der Waals surface area contributed by atoms with Crippen molar-refractivity contribution in [1.82, 2.24) is 4.90 Å². The van der Waals surface area contributed by atoms with Gasteiger partial charge in [0.1, 0.15) is 12.4 Å². The van der Waals surface area contributed by atoms with Crippen LogP contribution in [-0.4, -0.2) is 36.8 Å². The first-order chi connectivity index (χ1) is 11.2. The van der Waals surface area contributed by atoms with Gasteiger partial charge in [0.15, 0.2) is 6.29 Å². The van der Waals surface area contributed by atoms with Gasteiger partial charge in [-0.15, -0.1) is 0 Å². The van der Waals surface area contributed by atoms with Crippen molar-refractivity contribution < 1.29 is 14.3 Å². The maximum Gasteiger partial charge on any atom is 0.253 e. The minimum Gasteiger partial charge on any atom is -0.486 e. The number of rotatable bonds is 7. The van der Waals surface area contributed by atoms with E-state index < -0.39 is 0 Å². The van der Waals surface area contributed by atoms with Gasteiger partial charge < -0.3 is 9.64 Å². The number of hydrogen-bond acceptors (Lipinski definition) is 3. The smallest absolute Gasteiger partial charge is 0.253 e. The van der Waals surface area contributed by atoms with Gasteiger partial charge in [-0.25, -0.2) is 0 Å². The quantitative estimate of drug-likeness (QED) is 0.736. The highest BCUT2D eigenvalue weighted by molar-refractivity contribution is 5.95. The third-order valence-electron chi connectivity index (χ3n) is 3.65. The standard InChI is InChI=1S/C19H21NO3/c1-3-20(4-2)19(22)17-9-5-7-15(13-17)16-8-6-10-18(14-16)23-12-11-21/h5-11,13-14H,3-4,12H2,1-2H3. The van der Waals surface area contributed by atoms with E-state index >= 15 is 0 Å². The molecule has 2 aromatic carbocycles. The van der Waals surface area contributed by atoms with Crippen molar-refractivity contribution >= 4 is 12.2 Å². The number of hydrogen-bond donors (Lipinski definition) is 0. The molecule has 1 amide bonds. The van der Waals surface area contributed by atoms with Crippen LogP contribution in [0.25, 0.3) is 11.1 Å². The van der Waals surface area contributed by atoms with E-state index in [0.29, 0.717) is 24.4 Å². The molecule has 0 heterocycles. The summed E-state index contributed by atoms with van der Waals surface area (Å²) in [5, 5.41) is 0. The summed E-state index contributed by atoms with van der Waals surface area (Å²) in [6, 6.07) is 15.0. The molecule has 0 aromatic heterocycles. The number of nitrogens with zero attached hydrogens (tertiary/aromatic N) is 1. The van der Waals surface area contributed by atoms with Crippen LogP contribution >= 0.6 is 0 Å². The molecule has 0 N–H and O–H groups in total. The maximum absolute atomic E-state index is 12.5. The zero-order valence-electron chi connectivity index (χ0n) is 13.5. The number of ether oxygens (including phenoxy) is 1. The second-order valence-electron chi connectivity index (χ2n) is 5.06. The van der Waals surface area contributed by atoms with E-state index in [4.69, 9.17) is 4.74 Å². The van der Waals surface area contributed by atoms with Crippen LogP contribution < -0.4 is 4.74 Å². The molecule has 0 spiro atoms. The van der Waals surface area contributed by atoms with Gasteiger partial charge in [-0.3, -0.25) is 9.59 Å². The van der Waals surface area contributed by atoms with E-state index in [-0.39, 0.29) is 12.5 Å². The topological polar surface area (TPSA) is 46.6 Å². The summed E-state index contributed by atoms with van der Waals surface area (Å²) in [5.74, 6) is 0.667. The molecule has 0 saturated heterocycles. The second-order valence-corrected chi connectivity index (χ2v) is 5.06. The predicted molar refractivity (Wildman–Crippen MR) is 90.7 cm³/mol. The Kier molecular flexibility index (Phi) is 5.92. The first-order valence-electron chi connectivity index (χ1n) is 7.75. The maximum atomic E-state index is 12.5. The van der Waals surface area contributed by atoms with E-state index in [1.807, 2.05) is 56.3 Å².